The van der Waals surface area contributed by atoms with Gasteiger partial charge in [0, 0.05) is 26.2 Å². The maximum Gasteiger partial charge on any atom is 0.149 e. The highest BCUT2D eigenvalue weighted by molar-refractivity contribution is 5.82. The van der Waals surface area contributed by atoms with Gasteiger partial charge in [0.25, 0.3) is 0 Å². The highest BCUT2D eigenvalue weighted by Gasteiger charge is 2.21. The molecule has 0 bridgehead atoms. The Balaban J connectivity index is 2.16. The molecule has 94 valence electrons. The van der Waals surface area contributed by atoms with E-state index in [0.29, 0.717) is 18.2 Å². The number of carbonyl (C=O) groups is 1. The van der Waals surface area contributed by atoms with Crippen LogP contribution in [0.25, 0.3) is 0 Å². The first-order valence-corrected chi connectivity index (χ1v) is 6.44. The molecule has 0 spiro atoms. The summed E-state index contributed by atoms with van der Waals surface area (Å²) in [6.45, 7) is 2.35. The smallest absolute Gasteiger partial charge is 0.149 e. The van der Waals surface area contributed by atoms with Gasteiger partial charge in [-0.2, -0.15) is 0 Å². The van der Waals surface area contributed by atoms with Gasteiger partial charge in [-0.15, -0.1) is 0 Å². The molecule has 0 aromatic heterocycles. The zero-order chi connectivity index (χ0) is 11.8. The van der Waals surface area contributed by atoms with E-state index in [0.717, 1.165) is 32.4 Å². The Bertz CT molecular complexity index is 200. The van der Waals surface area contributed by atoms with Crippen LogP contribution < -0.4 is 0 Å². The lowest BCUT2D eigenvalue weighted by molar-refractivity contribution is -0.124. The molecule has 0 radical (unpaired) electrons. The fourth-order valence-electron chi connectivity index (χ4n) is 2.38. The molecule has 3 heteroatoms. The van der Waals surface area contributed by atoms with Crippen molar-refractivity contribution in [3.8, 4) is 0 Å². The number of carbonyl (C=O) groups excluding carboxylic acids is 1. The largest absolute Gasteiger partial charge is 0.385 e. The van der Waals surface area contributed by atoms with Crippen LogP contribution >= 0.6 is 0 Å². The second-order valence-electron chi connectivity index (χ2n) is 4.89. The quantitative estimate of drug-likeness (QED) is 0.624. The molecule has 0 aromatic carbocycles. The van der Waals surface area contributed by atoms with Crippen LogP contribution in [0.2, 0.25) is 0 Å². The van der Waals surface area contributed by atoms with Crippen molar-refractivity contribution in [1.29, 1.82) is 0 Å². The fraction of sp³-hybridized carbons (Fsp3) is 0.923. The molecular formula is C13H25NO2. The summed E-state index contributed by atoms with van der Waals surface area (Å²) in [5, 5.41) is 0. The summed E-state index contributed by atoms with van der Waals surface area (Å²) in [5.74, 6) is 0.790. The van der Waals surface area contributed by atoms with E-state index < -0.39 is 0 Å². The molecule has 1 aliphatic rings. The minimum absolute atomic E-state index is 0.346. The minimum atomic E-state index is 0.346. The number of Topliss-reactive ketones (excluding diaryl/α,β-unsaturated/α-hetero) is 1. The first-order chi connectivity index (χ1) is 7.74. The van der Waals surface area contributed by atoms with E-state index in [1.807, 2.05) is 7.05 Å². The maximum absolute atomic E-state index is 12.0. The van der Waals surface area contributed by atoms with E-state index in [1.54, 1.807) is 7.11 Å². The Morgan fingerprint density at radius 2 is 2.00 bits per heavy atom. The van der Waals surface area contributed by atoms with E-state index in [2.05, 4.69) is 4.90 Å². The molecule has 1 fully saturated rings. The summed E-state index contributed by atoms with van der Waals surface area (Å²) in [6, 6.07) is 0. The molecule has 0 aromatic rings. The van der Waals surface area contributed by atoms with E-state index in [-0.39, 0.29) is 0 Å². The van der Waals surface area contributed by atoms with E-state index in [9.17, 15) is 4.79 Å². The van der Waals surface area contributed by atoms with Crippen molar-refractivity contribution in [2.75, 3.05) is 33.9 Å². The van der Waals surface area contributed by atoms with Crippen molar-refractivity contribution in [1.82, 2.24) is 4.90 Å². The van der Waals surface area contributed by atoms with Crippen LogP contribution in [-0.2, 0) is 9.53 Å². The first kappa shape index (κ1) is 13.7. The van der Waals surface area contributed by atoms with Gasteiger partial charge in [0.15, 0.2) is 0 Å². The van der Waals surface area contributed by atoms with E-state index in [1.165, 1.54) is 19.3 Å². The van der Waals surface area contributed by atoms with Gasteiger partial charge < -0.3 is 4.74 Å². The van der Waals surface area contributed by atoms with Gasteiger partial charge >= 0.3 is 0 Å². The van der Waals surface area contributed by atoms with E-state index >= 15 is 0 Å². The number of methoxy groups -OCH3 is 1. The molecule has 3 nitrogen and oxygen atoms in total. The van der Waals surface area contributed by atoms with Crippen LogP contribution in [0.15, 0.2) is 0 Å². The van der Waals surface area contributed by atoms with Gasteiger partial charge in [-0.1, -0.05) is 19.3 Å². The average Bonchev–Trinajstić information content (AvgIpc) is 2.30. The van der Waals surface area contributed by atoms with Gasteiger partial charge in [-0.05, 0) is 26.3 Å². The van der Waals surface area contributed by atoms with Crippen LogP contribution in [0.3, 0.4) is 0 Å². The number of nitrogens with zero attached hydrogens (tertiary/aromatic N) is 1. The lowest BCUT2D eigenvalue weighted by atomic mass is 9.86. The summed E-state index contributed by atoms with van der Waals surface area (Å²) in [4.78, 5) is 14.1. The standard InChI is InChI=1S/C13H25NO2/c1-14(9-6-10-16-2)11-13(15)12-7-4-3-5-8-12/h12H,3-11H2,1-2H3. The van der Waals surface area contributed by atoms with Crippen molar-refractivity contribution in [3.05, 3.63) is 0 Å². The maximum atomic E-state index is 12.0. The molecule has 0 unspecified atom stereocenters. The molecule has 0 amide bonds. The molecule has 1 saturated carbocycles. The van der Waals surface area contributed by atoms with Crippen LogP contribution in [0.4, 0.5) is 0 Å². The van der Waals surface area contributed by atoms with Crippen LogP contribution in [0, 0.1) is 5.92 Å². The fourth-order valence-corrected chi connectivity index (χ4v) is 2.38. The minimum Gasteiger partial charge on any atom is -0.385 e. The number of hydrogen-bond acceptors (Lipinski definition) is 3. The molecule has 1 aliphatic carbocycles. The number of ketones is 1. The van der Waals surface area contributed by atoms with E-state index in [4.69, 9.17) is 4.74 Å². The Morgan fingerprint density at radius 1 is 1.31 bits per heavy atom. The van der Waals surface area contributed by atoms with Gasteiger partial charge in [0.2, 0.25) is 0 Å². The first-order valence-electron chi connectivity index (χ1n) is 6.44. The van der Waals surface area contributed by atoms with Crippen LogP contribution in [0.1, 0.15) is 38.5 Å². The monoisotopic (exact) mass is 227 g/mol. The Hall–Kier alpha value is -0.410. The number of ether oxygens (including phenoxy) is 1. The second-order valence-corrected chi connectivity index (χ2v) is 4.89. The summed E-state index contributed by atoms with van der Waals surface area (Å²) < 4.78 is 5.00. The topological polar surface area (TPSA) is 29.5 Å². The third kappa shape index (κ3) is 5.08. The van der Waals surface area contributed by atoms with Gasteiger partial charge in [-0.3, -0.25) is 9.69 Å². The number of hydrogen-bond donors (Lipinski definition) is 0. The van der Waals surface area contributed by atoms with Crippen molar-refractivity contribution in [2.24, 2.45) is 5.92 Å². The van der Waals surface area contributed by atoms with Crippen molar-refractivity contribution in [2.45, 2.75) is 38.5 Å². The predicted molar refractivity (Wildman–Crippen MR) is 65.6 cm³/mol. The van der Waals surface area contributed by atoms with Crippen LogP contribution in [-0.4, -0.2) is 44.5 Å². The molecule has 1 rings (SSSR count). The molecule has 0 aliphatic heterocycles. The highest BCUT2D eigenvalue weighted by atomic mass is 16.5. The SMILES string of the molecule is COCCCN(C)CC(=O)C1CCCCC1. The average molecular weight is 227 g/mol. The van der Waals surface area contributed by atoms with Gasteiger partial charge in [0.1, 0.15) is 5.78 Å². The molecule has 16 heavy (non-hydrogen) atoms. The third-order valence-corrected chi connectivity index (χ3v) is 3.37. The summed E-state index contributed by atoms with van der Waals surface area (Å²) in [5.41, 5.74) is 0. The van der Waals surface area contributed by atoms with Crippen molar-refractivity contribution < 1.29 is 9.53 Å². The van der Waals surface area contributed by atoms with Crippen molar-refractivity contribution >= 4 is 5.78 Å². The Kier molecular flexibility index (Phi) is 6.65. The molecule has 0 heterocycles. The third-order valence-electron chi connectivity index (χ3n) is 3.37. The number of likely N-dealkylation sites (N-methyl/N-ethyl adjacent to an activating group) is 1. The molecule has 0 saturated heterocycles. The van der Waals surface area contributed by atoms with Gasteiger partial charge in [-0.25, -0.2) is 0 Å². The Labute approximate surface area is 99.1 Å². The second kappa shape index (κ2) is 7.80. The Morgan fingerprint density at radius 3 is 2.62 bits per heavy atom. The predicted octanol–water partition coefficient (Wildman–Crippen LogP) is 2.10. The molecular weight excluding hydrogens is 202 g/mol. The molecule has 0 N–H and O–H groups in total. The van der Waals surface area contributed by atoms with Crippen LogP contribution in [0.5, 0.6) is 0 Å². The highest BCUT2D eigenvalue weighted by Crippen LogP contribution is 2.24. The summed E-state index contributed by atoms with van der Waals surface area (Å²) >= 11 is 0. The van der Waals surface area contributed by atoms with Gasteiger partial charge in [0.05, 0.1) is 6.54 Å². The van der Waals surface area contributed by atoms with Crippen molar-refractivity contribution in [3.63, 3.8) is 0 Å². The zero-order valence-corrected chi connectivity index (χ0v) is 10.7. The normalized spacial score (nSPS) is 17.9. The molecule has 0 atom stereocenters. The lowest BCUT2D eigenvalue weighted by Crippen LogP contribution is -2.32. The zero-order valence-electron chi connectivity index (χ0n) is 10.7. The number of rotatable bonds is 7. The summed E-state index contributed by atoms with van der Waals surface area (Å²) in [6.07, 6.45) is 7.03. The summed E-state index contributed by atoms with van der Waals surface area (Å²) in [7, 11) is 3.74. The lowest BCUT2D eigenvalue weighted by Gasteiger charge is -2.23.